The second kappa shape index (κ2) is 3.73. The number of nitrogen functional groups attached to an aromatic ring is 1. The predicted octanol–water partition coefficient (Wildman–Crippen LogP) is 2.82. The summed E-state index contributed by atoms with van der Waals surface area (Å²) >= 11 is 3.36. The predicted molar refractivity (Wildman–Crippen MR) is 69.1 cm³/mol. The first-order valence-corrected chi connectivity index (χ1v) is 5.94. The molecule has 2 N–H and O–H groups in total. The van der Waals surface area contributed by atoms with Gasteiger partial charge < -0.3 is 5.73 Å². The van der Waals surface area contributed by atoms with E-state index in [1.807, 2.05) is 16.7 Å². The topological polar surface area (TPSA) is 56.7 Å². The quantitative estimate of drug-likeness (QED) is 0.819. The van der Waals surface area contributed by atoms with Crippen LogP contribution in [0.4, 0.5) is 5.95 Å². The van der Waals surface area contributed by atoms with Gasteiger partial charge in [-0.25, -0.2) is 9.97 Å². The van der Waals surface area contributed by atoms with Crippen LogP contribution in [0.2, 0.25) is 0 Å². The Kier molecular flexibility index (Phi) is 2.66. The summed E-state index contributed by atoms with van der Waals surface area (Å²) in [4.78, 5) is 8.71. The summed E-state index contributed by atoms with van der Waals surface area (Å²) in [6, 6.07) is 3.79. The fraction of sp³-hybridized carbons (Fsp3) is 0.455. The van der Waals surface area contributed by atoms with Crippen LogP contribution in [0.15, 0.2) is 16.7 Å². The number of nitrogens with zero attached hydrogens (tertiary/aromatic N) is 3. The van der Waals surface area contributed by atoms with E-state index in [2.05, 4.69) is 46.7 Å². The highest BCUT2D eigenvalue weighted by Crippen LogP contribution is 2.24. The van der Waals surface area contributed by atoms with E-state index in [9.17, 15) is 0 Å². The molecule has 16 heavy (non-hydrogen) atoms. The third kappa shape index (κ3) is 2.19. The zero-order valence-corrected chi connectivity index (χ0v) is 11.2. The highest BCUT2D eigenvalue weighted by Gasteiger charge is 2.17. The van der Waals surface area contributed by atoms with Gasteiger partial charge in [0.05, 0.1) is 0 Å². The Labute approximate surface area is 103 Å². The molecule has 0 atom stereocenters. The average molecular weight is 283 g/mol. The first-order valence-electron chi connectivity index (χ1n) is 5.15. The molecule has 0 bridgehead atoms. The lowest BCUT2D eigenvalue weighted by molar-refractivity contribution is 0.350. The molecule has 0 aliphatic rings. The molecule has 0 fully saturated rings. The van der Waals surface area contributed by atoms with Crippen molar-refractivity contribution < 1.29 is 0 Å². The molecule has 0 aromatic carbocycles. The van der Waals surface area contributed by atoms with E-state index in [4.69, 9.17) is 5.73 Å². The van der Waals surface area contributed by atoms with Crippen molar-refractivity contribution >= 4 is 33.0 Å². The van der Waals surface area contributed by atoms with Gasteiger partial charge in [0.1, 0.15) is 10.1 Å². The average Bonchev–Trinajstić information content (AvgIpc) is 2.42. The number of rotatable bonds is 1. The van der Waals surface area contributed by atoms with Crippen molar-refractivity contribution in [2.45, 2.75) is 27.3 Å². The monoisotopic (exact) mass is 282 g/mol. The van der Waals surface area contributed by atoms with Crippen LogP contribution < -0.4 is 5.73 Å². The number of hydrogen-bond acceptors (Lipinski definition) is 3. The molecule has 2 rings (SSSR count). The summed E-state index contributed by atoms with van der Waals surface area (Å²) in [6.07, 6.45) is 0. The van der Waals surface area contributed by atoms with Crippen molar-refractivity contribution in [2.75, 3.05) is 5.73 Å². The minimum absolute atomic E-state index is 0.145. The molecule has 0 radical (unpaired) electrons. The molecular weight excluding hydrogens is 268 g/mol. The molecule has 0 aliphatic carbocycles. The summed E-state index contributed by atoms with van der Waals surface area (Å²) in [7, 11) is 0. The van der Waals surface area contributed by atoms with E-state index in [1.54, 1.807) is 0 Å². The SMILES string of the molecule is CC(C)(C)Cn1c(N)nc2ccc(Br)nc21. The van der Waals surface area contributed by atoms with Gasteiger partial charge in [0.15, 0.2) is 5.65 Å². The molecule has 5 heteroatoms. The lowest BCUT2D eigenvalue weighted by Crippen LogP contribution is -2.17. The normalized spacial score (nSPS) is 12.2. The number of nitrogens with two attached hydrogens (primary N) is 1. The minimum atomic E-state index is 0.145. The Bertz CT molecular complexity index is 524. The molecule has 2 heterocycles. The second-order valence-electron chi connectivity index (χ2n) is 5.09. The summed E-state index contributed by atoms with van der Waals surface area (Å²) in [6.45, 7) is 7.29. The van der Waals surface area contributed by atoms with Gasteiger partial charge in [-0.05, 0) is 33.5 Å². The molecule has 4 nitrogen and oxygen atoms in total. The molecule has 2 aromatic rings. The Morgan fingerprint density at radius 3 is 2.62 bits per heavy atom. The highest BCUT2D eigenvalue weighted by atomic mass is 79.9. The Morgan fingerprint density at radius 2 is 2.00 bits per heavy atom. The van der Waals surface area contributed by atoms with E-state index in [-0.39, 0.29) is 5.41 Å². The van der Waals surface area contributed by atoms with Gasteiger partial charge >= 0.3 is 0 Å². The first-order chi connectivity index (χ1) is 7.37. The molecule has 86 valence electrons. The van der Waals surface area contributed by atoms with Gasteiger partial charge in [-0.15, -0.1) is 0 Å². The maximum absolute atomic E-state index is 5.91. The zero-order valence-electron chi connectivity index (χ0n) is 9.66. The van der Waals surface area contributed by atoms with E-state index >= 15 is 0 Å². The van der Waals surface area contributed by atoms with Gasteiger partial charge in [-0.2, -0.15) is 0 Å². The number of halogens is 1. The third-order valence-electron chi connectivity index (χ3n) is 2.22. The lowest BCUT2D eigenvalue weighted by Gasteiger charge is -2.19. The number of anilines is 1. The molecule has 0 aliphatic heterocycles. The lowest BCUT2D eigenvalue weighted by atomic mass is 9.97. The number of pyridine rings is 1. The molecule has 0 amide bonds. The van der Waals surface area contributed by atoms with Crippen molar-refractivity contribution in [3.05, 3.63) is 16.7 Å². The Balaban J connectivity index is 2.58. The van der Waals surface area contributed by atoms with Crippen molar-refractivity contribution in [3.8, 4) is 0 Å². The Morgan fingerprint density at radius 1 is 1.31 bits per heavy atom. The van der Waals surface area contributed by atoms with Crippen molar-refractivity contribution in [2.24, 2.45) is 5.41 Å². The summed E-state index contributed by atoms with van der Waals surface area (Å²) in [5.74, 6) is 0.524. The first kappa shape index (κ1) is 11.4. The maximum atomic E-state index is 5.91. The van der Waals surface area contributed by atoms with Crippen LogP contribution in [-0.2, 0) is 6.54 Å². The molecule has 0 unspecified atom stereocenters. The summed E-state index contributed by atoms with van der Waals surface area (Å²) in [5.41, 5.74) is 7.72. The van der Waals surface area contributed by atoms with Crippen LogP contribution in [-0.4, -0.2) is 14.5 Å². The molecule has 0 saturated carbocycles. The fourth-order valence-electron chi connectivity index (χ4n) is 1.63. The van der Waals surface area contributed by atoms with Crippen LogP contribution in [0, 0.1) is 5.41 Å². The van der Waals surface area contributed by atoms with Gasteiger partial charge in [0, 0.05) is 6.54 Å². The van der Waals surface area contributed by atoms with Crippen LogP contribution in [0.5, 0.6) is 0 Å². The molecule has 0 saturated heterocycles. The van der Waals surface area contributed by atoms with Crippen molar-refractivity contribution in [3.63, 3.8) is 0 Å². The molecule has 0 spiro atoms. The number of aromatic nitrogens is 3. The number of hydrogen-bond donors (Lipinski definition) is 1. The second-order valence-corrected chi connectivity index (χ2v) is 5.91. The maximum Gasteiger partial charge on any atom is 0.202 e. The van der Waals surface area contributed by atoms with Gasteiger partial charge in [0.2, 0.25) is 5.95 Å². The van der Waals surface area contributed by atoms with E-state index in [0.29, 0.717) is 5.95 Å². The smallest absolute Gasteiger partial charge is 0.202 e. The Hall–Kier alpha value is -1.10. The minimum Gasteiger partial charge on any atom is -0.369 e. The fourth-order valence-corrected chi connectivity index (χ4v) is 1.93. The zero-order chi connectivity index (χ0) is 11.9. The van der Waals surface area contributed by atoms with E-state index in [0.717, 1.165) is 22.3 Å². The third-order valence-corrected chi connectivity index (χ3v) is 2.66. The van der Waals surface area contributed by atoms with Gasteiger partial charge in [-0.1, -0.05) is 20.8 Å². The largest absolute Gasteiger partial charge is 0.369 e. The van der Waals surface area contributed by atoms with Crippen LogP contribution >= 0.6 is 15.9 Å². The van der Waals surface area contributed by atoms with E-state index in [1.165, 1.54) is 0 Å². The van der Waals surface area contributed by atoms with Crippen molar-refractivity contribution in [1.29, 1.82) is 0 Å². The van der Waals surface area contributed by atoms with Crippen LogP contribution in [0.25, 0.3) is 11.2 Å². The van der Waals surface area contributed by atoms with Crippen LogP contribution in [0.3, 0.4) is 0 Å². The summed E-state index contributed by atoms with van der Waals surface area (Å²) < 4.78 is 2.76. The van der Waals surface area contributed by atoms with Gasteiger partial charge in [-0.3, -0.25) is 4.57 Å². The van der Waals surface area contributed by atoms with Gasteiger partial charge in [0.25, 0.3) is 0 Å². The molecular formula is C11H15BrN4. The molecule has 2 aromatic heterocycles. The summed E-state index contributed by atoms with van der Waals surface area (Å²) in [5, 5.41) is 0. The standard InChI is InChI=1S/C11H15BrN4/c1-11(2,3)6-16-9-7(14-10(16)13)4-5-8(12)15-9/h4-5H,6H2,1-3H3,(H2,13,14). The number of fused-ring (bicyclic) bond motifs is 1. The van der Waals surface area contributed by atoms with E-state index < -0.39 is 0 Å². The van der Waals surface area contributed by atoms with Crippen molar-refractivity contribution in [1.82, 2.24) is 14.5 Å². The highest BCUT2D eigenvalue weighted by molar-refractivity contribution is 9.10. The number of imidazole rings is 1. The van der Waals surface area contributed by atoms with Crippen LogP contribution in [0.1, 0.15) is 20.8 Å².